The van der Waals surface area contributed by atoms with Crippen molar-refractivity contribution >= 4 is 5.91 Å². The number of amides is 1. The summed E-state index contributed by atoms with van der Waals surface area (Å²) in [6.07, 6.45) is 6.67. The zero-order valence-corrected chi connectivity index (χ0v) is 16.6. The molecule has 0 N–H and O–H groups in total. The van der Waals surface area contributed by atoms with Gasteiger partial charge in [0.15, 0.2) is 0 Å². The summed E-state index contributed by atoms with van der Waals surface area (Å²) < 4.78 is 11.1. The normalized spacial score (nSPS) is 24.4. The molecule has 5 heteroatoms. The maximum absolute atomic E-state index is 12.9. The Bertz CT molecular complexity index is 623. The van der Waals surface area contributed by atoms with Crippen molar-refractivity contribution in [3.05, 3.63) is 47.5 Å². The van der Waals surface area contributed by atoms with Crippen LogP contribution in [0.4, 0.5) is 0 Å². The van der Waals surface area contributed by atoms with Crippen molar-refractivity contribution in [2.45, 2.75) is 38.3 Å². The van der Waals surface area contributed by atoms with Crippen LogP contribution in [-0.4, -0.2) is 74.4 Å². The second kappa shape index (κ2) is 10.0. The Morgan fingerprint density at radius 1 is 1.22 bits per heavy atom. The van der Waals surface area contributed by atoms with Crippen LogP contribution in [0.1, 0.15) is 24.0 Å². The molecule has 0 bridgehead atoms. The summed E-state index contributed by atoms with van der Waals surface area (Å²) in [6, 6.07) is 8.68. The average molecular weight is 373 g/mol. The molecule has 3 rings (SSSR count). The van der Waals surface area contributed by atoms with Crippen LogP contribution < -0.4 is 0 Å². The van der Waals surface area contributed by atoms with E-state index in [-0.39, 0.29) is 18.1 Å². The molecule has 0 saturated carbocycles. The van der Waals surface area contributed by atoms with E-state index in [0.29, 0.717) is 0 Å². The molecule has 2 atom stereocenters. The van der Waals surface area contributed by atoms with Crippen LogP contribution in [-0.2, 0) is 20.7 Å². The third-order valence-corrected chi connectivity index (χ3v) is 5.60. The van der Waals surface area contributed by atoms with E-state index < -0.39 is 0 Å². The molecule has 2 saturated heterocycles. The Balaban J connectivity index is 1.64. The number of piperidine rings is 1. The van der Waals surface area contributed by atoms with Crippen molar-refractivity contribution in [2.75, 3.05) is 46.5 Å². The Hall–Kier alpha value is -1.69. The quantitative estimate of drug-likeness (QED) is 0.720. The zero-order chi connectivity index (χ0) is 19.1. The van der Waals surface area contributed by atoms with Gasteiger partial charge in [0.1, 0.15) is 0 Å². The van der Waals surface area contributed by atoms with Gasteiger partial charge in [-0.15, -0.1) is 0 Å². The van der Waals surface area contributed by atoms with Crippen molar-refractivity contribution in [2.24, 2.45) is 0 Å². The maximum atomic E-state index is 12.9. The van der Waals surface area contributed by atoms with Gasteiger partial charge in [-0.2, -0.15) is 0 Å². The van der Waals surface area contributed by atoms with E-state index in [1.807, 2.05) is 11.0 Å². The predicted molar refractivity (Wildman–Crippen MR) is 107 cm³/mol. The third kappa shape index (κ3) is 5.64. The molecule has 27 heavy (non-hydrogen) atoms. The molecule has 5 nitrogen and oxygen atoms in total. The van der Waals surface area contributed by atoms with Crippen LogP contribution in [0.5, 0.6) is 0 Å². The van der Waals surface area contributed by atoms with Crippen LogP contribution in [0.15, 0.2) is 36.4 Å². The first kappa shape index (κ1) is 20.1. The molecule has 1 aromatic rings. The number of carbonyl (C=O) groups excluding carboxylic acids is 1. The summed E-state index contributed by atoms with van der Waals surface area (Å²) in [7, 11) is 1.76. The minimum atomic E-state index is 0.0898. The second-order valence-corrected chi connectivity index (χ2v) is 7.52. The number of carbonyl (C=O) groups is 1. The topological polar surface area (TPSA) is 42.0 Å². The summed E-state index contributed by atoms with van der Waals surface area (Å²) in [4.78, 5) is 17.2. The molecule has 1 amide bonds. The molecule has 2 fully saturated rings. The third-order valence-electron chi connectivity index (χ3n) is 5.60. The molecule has 2 aliphatic rings. The van der Waals surface area contributed by atoms with Gasteiger partial charge in [0.25, 0.3) is 0 Å². The van der Waals surface area contributed by atoms with Gasteiger partial charge in [-0.05, 0) is 31.7 Å². The highest BCUT2D eigenvalue weighted by molar-refractivity contribution is 5.88. The second-order valence-electron chi connectivity index (χ2n) is 7.52. The van der Waals surface area contributed by atoms with Gasteiger partial charge in [-0.1, -0.05) is 35.9 Å². The SMILES string of the molecule is CO[C@H]1CCCN(C(=O)C=CCN2CCOCC2)[C@H]1Cc1ccc(C)cc1. The first-order valence-corrected chi connectivity index (χ1v) is 10.0. The van der Waals surface area contributed by atoms with E-state index in [9.17, 15) is 4.79 Å². The van der Waals surface area contributed by atoms with Gasteiger partial charge < -0.3 is 14.4 Å². The lowest BCUT2D eigenvalue weighted by Crippen LogP contribution is -2.52. The average Bonchev–Trinajstić information content (AvgIpc) is 2.70. The van der Waals surface area contributed by atoms with Gasteiger partial charge in [0.05, 0.1) is 25.4 Å². The van der Waals surface area contributed by atoms with E-state index in [1.165, 1.54) is 11.1 Å². The molecule has 1 aromatic carbocycles. The maximum Gasteiger partial charge on any atom is 0.246 e. The van der Waals surface area contributed by atoms with Crippen molar-refractivity contribution < 1.29 is 14.3 Å². The molecule has 0 unspecified atom stereocenters. The number of likely N-dealkylation sites (tertiary alicyclic amines) is 1. The van der Waals surface area contributed by atoms with E-state index in [1.54, 1.807) is 13.2 Å². The number of aryl methyl sites for hydroxylation is 1. The van der Waals surface area contributed by atoms with E-state index in [4.69, 9.17) is 9.47 Å². The first-order valence-electron chi connectivity index (χ1n) is 10.0. The van der Waals surface area contributed by atoms with Gasteiger partial charge >= 0.3 is 0 Å². The molecule has 148 valence electrons. The van der Waals surface area contributed by atoms with Gasteiger partial charge in [-0.3, -0.25) is 9.69 Å². The first-order chi connectivity index (χ1) is 13.2. The largest absolute Gasteiger partial charge is 0.379 e. The number of benzene rings is 1. The summed E-state index contributed by atoms with van der Waals surface area (Å²) in [5.41, 5.74) is 2.51. The lowest BCUT2D eigenvalue weighted by Gasteiger charge is -2.40. The number of ether oxygens (including phenoxy) is 2. The number of hydrogen-bond acceptors (Lipinski definition) is 4. The molecule has 2 aliphatic heterocycles. The van der Waals surface area contributed by atoms with Gasteiger partial charge in [-0.25, -0.2) is 0 Å². The zero-order valence-electron chi connectivity index (χ0n) is 16.6. The van der Waals surface area contributed by atoms with Crippen LogP contribution >= 0.6 is 0 Å². The monoisotopic (exact) mass is 372 g/mol. The molecular formula is C22H32N2O3. The van der Waals surface area contributed by atoms with Gasteiger partial charge in [0, 0.05) is 39.4 Å². The standard InChI is InChI=1S/C22H32N2O3/c1-18-7-9-19(10-8-18)17-20-21(26-2)5-3-12-24(20)22(25)6-4-11-23-13-15-27-16-14-23/h4,6-10,20-21H,3,5,11-17H2,1-2H3/t20-,21-/m0/s1. The molecular weight excluding hydrogens is 340 g/mol. The van der Waals surface area contributed by atoms with Crippen molar-refractivity contribution in [1.82, 2.24) is 9.80 Å². The molecule has 2 heterocycles. The lowest BCUT2D eigenvalue weighted by molar-refractivity contribution is -0.134. The van der Waals surface area contributed by atoms with E-state index >= 15 is 0 Å². The smallest absolute Gasteiger partial charge is 0.246 e. The van der Waals surface area contributed by atoms with Crippen LogP contribution in [0.3, 0.4) is 0 Å². The molecule has 0 aromatic heterocycles. The minimum absolute atomic E-state index is 0.0898. The van der Waals surface area contributed by atoms with Crippen LogP contribution in [0, 0.1) is 6.92 Å². The Morgan fingerprint density at radius 2 is 1.96 bits per heavy atom. The van der Waals surface area contributed by atoms with Crippen molar-refractivity contribution in [3.63, 3.8) is 0 Å². The molecule has 0 aliphatic carbocycles. The van der Waals surface area contributed by atoms with E-state index in [0.717, 1.165) is 58.7 Å². The van der Waals surface area contributed by atoms with E-state index in [2.05, 4.69) is 36.1 Å². The molecule has 0 radical (unpaired) electrons. The highest BCUT2D eigenvalue weighted by Crippen LogP contribution is 2.24. The van der Waals surface area contributed by atoms with Crippen LogP contribution in [0.2, 0.25) is 0 Å². The highest BCUT2D eigenvalue weighted by Gasteiger charge is 2.33. The fourth-order valence-electron chi connectivity index (χ4n) is 3.96. The summed E-state index contributed by atoms with van der Waals surface area (Å²) in [5.74, 6) is 0.0992. The number of nitrogens with zero attached hydrogens (tertiary/aromatic N) is 2. The van der Waals surface area contributed by atoms with Crippen LogP contribution in [0.25, 0.3) is 0 Å². The summed E-state index contributed by atoms with van der Waals surface area (Å²) in [5, 5.41) is 0. The molecule has 0 spiro atoms. The Morgan fingerprint density at radius 3 is 2.67 bits per heavy atom. The number of methoxy groups -OCH3 is 1. The fourth-order valence-corrected chi connectivity index (χ4v) is 3.96. The van der Waals surface area contributed by atoms with Crippen molar-refractivity contribution in [1.29, 1.82) is 0 Å². The van der Waals surface area contributed by atoms with Gasteiger partial charge in [0.2, 0.25) is 5.91 Å². The lowest BCUT2D eigenvalue weighted by atomic mass is 9.92. The highest BCUT2D eigenvalue weighted by atomic mass is 16.5. The fraction of sp³-hybridized carbons (Fsp3) is 0.591. The number of rotatable bonds is 6. The van der Waals surface area contributed by atoms with Crippen molar-refractivity contribution in [3.8, 4) is 0 Å². The minimum Gasteiger partial charge on any atom is -0.379 e. The number of hydrogen-bond donors (Lipinski definition) is 0. The summed E-state index contributed by atoms with van der Waals surface area (Å²) in [6.45, 7) is 7.13. The summed E-state index contributed by atoms with van der Waals surface area (Å²) >= 11 is 0. The Labute approximate surface area is 162 Å². The Kier molecular flexibility index (Phi) is 7.44. The predicted octanol–water partition coefficient (Wildman–Crippen LogP) is 2.43. The number of morpholine rings is 1.